The number of benzene rings is 3. The van der Waals surface area contributed by atoms with Gasteiger partial charge in [0.25, 0.3) is 0 Å². The highest BCUT2D eigenvalue weighted by molar-refractivity contribution is 9.10. The summed E-state index contributed by atoms with van der Waals surface area (Å²) in [4.78, 5) is 0. The van der Waals surface area contributed by atoms with Gasteiger partial charge in [0.2, 0.25) is 6.23 Å². The van der Waals surface area contributed by atoms with E-state index in [2.05, 4.69) is 15.9 Å². The van der Waals surface area contributed by atoms with Crippen LogP contribution in [0.4, 0.5) is 0 Å². The quantitative estimate of drug-likeness (QED) is 0.385. The first-order valence-electron chi connectivity index (χ1n) is 9.45. The van der Waals surface area contributed by atoms with E-state index in [9.17, 15) is 0 Å². The van der Waals surface area contributed by atoms with Crippen molar-refractivity contribution in [1.82, 2.24) is 5.01 Å². The molecule has 30 heavy (non-hydrogen) atoms. The van der Waals surface area contributed by atoms with Gasteiger partial charge in [-0.1, -0.05) is 35.3 Å². The highest BCUT2D eigenvalue weighted by Gasteiger charge is 2.41. The maximum Gasteiger partial charge on any atom is 0.213 e. The molecule has 3 aromatic rings. The van der Waals surface area contributed by atoms with E-state index in [0.717, 1.165) is 44.8 Å². The van der Waals surface area contributed by atoms with Crippen LogP contribution in [-0.2, 0) is 0 Å². The molecule has 2 heterocycles. The minimum absolute atomic E-state index is 0.0315. The molecule has 0 aromatic heterocycles. The summed E-state index contributed by atoms with van der Waals surface area (Å²) < 4.78 is 12.6. The number of methoxy groups -OCH3 is 1. The Balaban J connectivity index is 1.59. The number of fused-ring (bicyclic) bond motifs is 3. The first-order chi connectivity index (χ1) is 14.5. The van der Waals surface area contributed by atoms with Gasteiger partial charge < -0.3 is 9.47 Å². The van der Waals surface area contributed by atoms with E-state index in [0.29, 0.717) is 10.0 Å². The molecule has 0 fully saturated rings. The summed E-state index contributed by atoms with van der Waals surface area (Å²) >= 11 is 15.9. The van der Waals surface area contributed by atoms with E-state index in [4.69, 9.17) is 37.8 Å². The lowest BCUT2D eigenvalue weighted by Gasteiger charge is -2.38. The molecule has 2 atom stereocenters. The molecular weight excluding hydrogens is 487 g/mol. The molecule has 0 spiro atoms. The molecule has 7 heteroatoms. The number of ether oxygens (including phenoxy) is 2. The predicted octanol–water partition coefficient (Wildman–Crippen LogP) is 7.01. The third kappa shape index (κ3) is 3.45. The third-order valence-electron chi connectivity index (χ3n) is 5.39. The zero-order valence-corrected chi connectivity index (χ0v) is 19.1. The molecule has 0 bridgehead atoms. The topological polar surface area (TPSA) is 34.1 Å². The Morgan fingerprint density at radius 2 is 1.80 bits per heavy atom. The molecule has 2 aliphatic heterocycles. The van der Waals surface area contributed by atoms with Crippen molar-refractivity contribution in [3.8, 4) is 11.5 Å². The van der Waals surface area contributed by atoms with Crippen LogP contribution in [-0.4, -0.2) is 17.8 Å². The second-order valence-electron chi connectivity index (χ2n) is 7.20. The number of hydrogen-bond donors (Lipinski definition) is 0. The van der Waals surface area contributed by atoms with Gasteiger partial charge in [-0.2, -0.15) is 5.10 Å². The fourth-order valence-electron chi connectivity index (χ4n) is 3.93. The number of hydrogen-bond acceptors (Lipinski definition) is 4. The van der Waals surface area contributed by atoms with Crippen LogP contribution in [0.2, 0.25) is 10.0 Å². The van der Waals surface area contributed by atoms with Crippen molar-refractivity contribution in [2.45, 2.75) is 18.7 Å². The fourth-order valence-corrected chi connectivity index (χ4v) is 4.80. The summed E-state index contributed by atoms with van der Waals surface area (Å²) in [6, 6.07) is 19.5. The number of nitrogens with zero attached hydrogens (tertiary/aromatic N) is 2. The molecule has 152 valence electrons. The summed E-state index contributed by atoms with van der Waals surface area (Å²) in [6.07, 6.45) is 0.391. The summed E-state index contributed by atoms with van der Waals surface area (Å²) in [6.45, 7) is 0. The molecule has 0 amide bonds. The van der Waals surface area contributed by atoms with Crippen LogP contribution in [0.5, 0.6) is 11.5 Å². The fraction of sp³-hybridized carbons (Fsp3) is 0.174. The Bertz CT molecular complexity index is 1150. The molecule has 2 unspecified atom stereocenters. The Labute approximate surface area is 193 Å². The first kappa shape index (κ1) is 19.7. The van der Waals surface area contributed by atoms with E-state index < -0.39 is 0 Å². The van der Waals surface area contributed by atoms with Crippen LogP contribution >= 0.6 is 39.1 Å². The minimum Gasteiger partial charge on any atom is -0.496 e. The van der Waals surface area contributed by atoms with Gasteiger partial charge in [0.1, 0.15) is 11.5 Å². The molecule has 0 N–H and O–H groups in total. The van der Waals surface area contributed by atoms with Crippen molar-refractivity contribution in [1.29, 1.82) is 0 Å². The largest absolute Gasteiger partial charge is 0.496 e. The van der Waals surface area contributed by atoms with Gasteiger partial charge in [0.15, 0.2) is 0 Å². The number of hydrazone groups is 1. The number of halogens is 3. The van der Waals surface area contributed by atoms with E-state index >= 15 is 0 Å². The summed E-state index contributed by atoms with van der Waals surface area (Å²) in [5.41, 5.74) is 4.06. The standard InChI is InChI=1S/C23H17BrCl2N2O2/c1-29-22-8-4-14(10-18(22)24)23-28-20(17-11-16(26)7-9-21(17)30-23)12-19(27-28)13-2-5-15(25)6-3-13/h2-11,20,23H,12H2,1H3. The Hall–Kier alpha value is -2.21. The van der Waals surface area contributed by atoms with Gasteiger partial charge in [0.05, 0.1) is 23.3 Å². The minimum atomic E-state index is -0.365. The SMILES string of the molecule is COc1ccc(C2Oc3ccc(Cl)cc3C3CC(c4ccc(Cl)cc4)=NN32)cc1Br. The zero-order chi connectivity index (χ0) is 20.8. The van der Waals surface area contributed by atoms with Crippen molar-refractivity contribution in [3.63, 3.8) is 0 Å². The summed E-state index contributed by atoms with van der Waals surface area (Å²) in [5.74, 6) is 1.59. The zero-order valence-electron chi connectivity index (χ0n) is 16.0. The molecule has 4 nitrogen and oxygen atoms in total. The second kappa shape index (κ2) is 7.80. The smallest absolute Gasteiger partial charge is 0.213 e. The summed E-state index contributed by atoms with van der Waals surface area (Å²) in [5, 5.41) is 8.37. The highest BCUT2D eigenvalue weighted by atomic mass is 79.9. The lowest BCUT2D eigenvalue weighted by atomic mass is 9.96. The Kier molecular flexibility index (Phi) is 5.13. The van der Waals surface area contributed by atoms with E-state index in [-0.39, 0.29) is 12.3 Å². The molecule has 3 aromatic carbocycles. The van der Waals surface area contributed by atoms with Crippen LogP contribution in [0.25, 0.3) is 0 Å². The third-order valence-corrected chi connectivity index (χ3v) is 6.50. The van der Waals surface area contributed by atoms with Crippen LogP contribution in [0.1, 0.15) is 35.4 Å². The first-order valence-corrected chi connectivity index (χ1v) is 11.0. The molecular formula is C23H17BrCl2N2O2. The monoisotopic (exact) mass is 502 g/mol. The average Bonchev–Trinajstić information content (AvgIpc) is 3.19. The Morgan fingerprint density at radius 1 is 1.03 bits per heavy atom. The van der Waals surface area contributed by atoms with E-state index in [1.54, 1.807) is 7.11 Å². The molecule has 0 radical (unpaired) electrons. The van der Waals surface area contributed by atoms with Crippen molar-refractivity contribution in [3.05, 3.63) is 91.9 Å². The number of rotatable bonds is 3. The normalized spacial score (nSPS) is 19.6. The molecule has 0 saturated heterocycles. The molecule has 5 rings (SSSR count). The molecule has 2 aliphatic rings. The van der Waals surface area contributed by atoms with Gasteiger partial charge in [-0.3, -0.25) is 0 Å². The van der Waals surface area contributed by atoms with Crippen molar-refractivity contribution in [2.75, 3.05) is 7.11 Å². The van der Waals surface area contributed by atoms with Crippen molar-refractivity contribution >= 4 is 44.8 Å². The molecule has 0 saturated carbocycles. The van der Waals surface area contributed by atoms with Crippen LogP contribution in [0.15, 0.2) is 70.2 Å². The predicted molar refractivity (Wildman–Crippen MR) is 123 cm³/mol. The van der Waals surface area contributed by atoms with Gasteiger partial charge in [-0.05, 0) is 70.0 Å². The van der Waals surface area contributed by atoms with Crippen LogP contribution < -0.4 is 9.47 Å². The Morgan fingerprint density at radius 3 is 2.53 bits per heavy atom. The average molecular weight is 504 g/mol. The summed E-state index contributed by atoms with van der Waals surface area (Å²) in [7, 11) is 1.65. The highest BCUT2D eigenvalue weighted by Crippen LogP contribution is 2.48. The lowest BCUT2D eigenvalue weighted by Crippen LogP contribution is -2.33. The van der Waals surface area contributed by atoms with E-state index in [1.807, 2.05) is 65.7 Å². The second-order valence-corrected chi connectivity index (χ2v) is 8.93. The lowest BCUT2D eigenvalue weighted by molar-refractivity contribution is -0.0190. The van der Waals surface area contributed by atoms with Crippen LogP contribution in [0.3, 0.4) is 0 Å². The molecule has 0 aliphatic carbocycles. The maximum absolute atomic E-state index is 6.40. The van der Waals surface area contributed by atoms with E-state index in [1.165, 1.54) is 0 Å². The maximum atomic E-state index is 6.40. The van der Waals surface area contributed by atoms with Crippen molar-refractivity contribution < 1.29 is 9.47 Å². The van der Waals surface area contributed by atoms with Gasteiger partial charge in [-0.25, -0.2) is 5.01 Å². The van der Waals surface area contributed by atoms with Gasteiger partial charge in [-0.15, -0.1) is 0 Å². The van der Waals surface area contributed by atoms with Crippen molar-refractivity contribution in [2.24, 2.45) is 5.10 Å². The van der Waals surface area contributed by atoms with Crippen LogP contribution in [0, 0.1) is 0 Å². The van der Waals surface area contributed by atoms with Gasteiger partial charge >= 0.3 is 0 Å². The van der Waals surface area contributed by atoms with Gasteiger partial charge in [0, 0.05) is 27.6 Å².